The van der Waals surface area contributed by atoms with Gasteiger partial charge in [-0.2, -0.15) is 0 Å². The zero-order valence-electron chi connectivity index (χ0n) is 17.3. The zero-order chi connectivity index (χ0) is 20.6. The monoisotopic (exact) mass is 400 g/mol. The lowest BCUT2D eigenvalue weighted by Crippen LogP contribution is -2.40. The predicted octanol–water partition coefficient (Wildman–Crippen LogP) is 4.60. The largest absolute Gasteiger partial charge is 0.338 e. The summed E-state index contributed by atoms with van der Waals surface area (Å²) in [6, 6.07) is 16.2. The quantitative estimate of drug-likeness (QED) is 0.763. The fraction of sp³-hybridized carbons (Fsp3) is 0.385. The van der Waals surface area contributed by atoms with Crippen LogP contribution in [0.4, 0.5) is 5.69 Å². The third kappa shape index (κ3) is 3.55. The van der Waals surface area contributed by atoms with E-state index in [1.807, 2.05) is 41.3 Å². The van der Waals surface area contributed by atoms with E-state index in [0.717, 1.165) is 61.9 Å². The van der Waals surface area contributed by atoms with E-state index >= 15 is 0 Å². The molecular formula is C26H28N2O2. The molecule has 1 heterocycles. The van der Waals surface area contributed by atoms with Gasteiger partial charge in [0.15, 0.2) is 0 Å². The molecule has 0 bridgehead atoms. The van der Waals surface area contributed by atoms with Crippen molar-refractivity contribution in [2.24, 2.45) is 5.92 Å². The lowest BCUT2D eigenvalue weighted by atomic mass is 9.91. The highest BCUT2D eigenvalue weighted by atomic mass is 16.2. The van der Waals surface area contributed by atoms with Crippen LogP contribution >= 0.6 is 0 Å². The molecule has 30 heavy (non-hydrogen) atoms. The molecule has 0 spiro atoms. The SMILES string of the molecule is O=C([C@H]1CC=CCC1)N1CCc2ccc(NC(=O)C3(c4ccccc4)CC3)cc2C1. The molecular weight excluding hydrogens is 372 g/mol. The number of allylic oxidation sites excluding steroid dienone is 2. The number of anilines is 1. The van der Waals surface area contributed by atoms with Gasteiger partial charge in [0.25, 0.3) is 0 Å². The molecule has 2 aliphatic carbocycles. The Morgan fingerprint density at radius 1 is 1.00 bits per heavy atom. The molecule has 2 amide bonds. The lowest BCUT2D eigenvalue weighted by molar-refractivity contribution is -0.136. The molecule has 0 unspecified atom stereocenters. The summed E-state index contributed by atoms with van der Waals surface area (Å²) in [7, 11) is 0. The van der Waals surface area contributed by atoms with Crippen molar-refractivity contribution >= 4 is 17.5 Å². The number of hydrogen-bond acceptors (Lipinski definition) is 2. The first kappa shape index (κ1) is 19.1. The van der Waals surface area contributed by atoms with Crippen molar-refractivity contribution in [3.05, 3.63) is 77.4 Å². The van der Waals surface area contributed by atoms with Crippen LogP contribution in [-0.4, -0.2) is 23.3 Å². The predicted molar refractivity (Wildman–Crippen MR) is 118 cm³/mol. The van der Waals surface area contributed by atoms with Crippen LogP contribution in [-0.2, 0) is 28.0 Å². The Labute approximate surface area is 178 Å². The molecule has 2 aromatic carbocycles. The third-order valence-corrected chi connectivity index (χ3v) is 6.92. The second-order valence-corrected chi connectivity index (χ2v) is 8.88. The molecule has 0 radical (unpaired) electrons. The van der Waals surface area contributed by atoms with Crippen LogP contribution in [0.15, 0.2) is 60.7 Å². The van der Waals surface area contributed by atoms with Crippen LogP contribution in [0.5, 0.6) is 0 Å². The van der Waals surface area contributed by atoms with Gasteiger partial charge >= 0.3 is 0 Å². The number of nitrogens with one attached hydrogen (secondary N) is 1. The highest BCUT2D eigenvalue weighted by Crippen LogP contribution is 2.49. The number of nitrogens with zero attached hydrogens (tertiary/aromatic N) is 1. The number of carbonyl (C=O) groups is 2. The normalized spacial score (nSPS) is 21.6. The molecule has 0 saturated heterocycles. The van der Waals surface area contributed by atoms with Crippen molar-refractivity contribution in [1.29, 1.82) is 0 Å². The van der Waals surface area contributed by atoms with E-state index in [1.165, 1.54) is 5.56 Å². The molecule has 1 aliphatic heterocycles. The van der Waals surface area contributed by atoms with Gasteiger partial charge in [0, 0.05) is 24.7 Å². The Balaban J connectivity index is 1.29. The molecule has 1 atom stereocenters. The standard InChI is InChI=1S/C26H28N2O2/c29-24(20-7-3-1-4-8-20)28-16-13-19-11-12-23(17-21(19)18-28)27-25(30)26(14-15-26)22-9-5-2-6-10-22/h1-3,5-6,9-12,17,20H,4,7-8,13-16,18H2,(H,27,30)/t20-/m0/s1. The van der Waals surface area contributed by atoms with Crippen molar-refractivity contribution in [2.45, 2.75) is 50.5 Å². The van der Waals surface area contributed by atoms with E-state index in [1.54, 1.807) is 0 Å². The average Bonchev–Trinajstić information content (AvgIpc) is 3.61. The van der Waals surface area contributed by atoms with Crippen LogP contribution in [0.3, 0.4) is 0 Å². The van der Waals surface area contributed by atoms with Crippen molar-refractivity contribution < 1.29 is 9.59 Å². The Morgan fingerprint density at radius 2 is 1.83 bits per heavy atom. The first-order valence-corrected chi connectivity index (χ1v) is 11.1. The van der Waals surface area contributed by atoms with Gasteiger partial charge in [0.05, 0.1) is 5.41 Å². The summed E-state index contributed by atoms with van der Waals surface area (Å²) in [5.74, 6) is 0.479. The molecule has 3 aliphatic rings. The number of carbonyl (C=O) groups excluding carboxylic acids is 2. The molecule has 154 valence electrons. The highest BCUT2D eigenvalue weighted by molar-refractivity contribution is 6.01. The van der Waals surface area contributed by atoms with Crippen molar-refractivity contribution in [3.8, 4) is 0 Å². The molecule has 1 N–H and O–H groups in total. The minimum atomic E-state index is -0.381. The van der Waals surface area contributed by atoms with E-state index in [-0.39, 0.29) is 23.1 Å². The number of fused-ring (bicyclic) bond motifs is 1. The van der Waals surface area contributed by atoms with E-state index in [9.17, 15) is 9.59 Å². The van der Waals surface area contributed by atoms with Gasteiger partial charge in [-0.25, -0.2) is 0 Å². The number of benzene rings is 2. The Hall–Kier alpha value is -2.88. The summed E-state index contributed by atoms with van der Waals surface area (Å²) in [6.45, 7) is 1.43. The smallest absolute Gasteiger partial charge is 0.235 e. The van der Waals surface area contributed by atoms with E-state index in [4.69, 9.17) is 0 Å². The molecule has 0 aromatic heterocycles. The molecule has 1 fully saturated rings. The average molecular weight is 401 g/mol. The van der Waals surface area contributed by atoms with Gasteiger partial charge in [0.1, 0.15) is 0 Å². The van der Waals surface area contributed by atoms with E-state index < -0.39 is 0 Å². The lowest BCUT2D eigenvalue weighted by Gasteiger charge is -2.32. The Kier molecular flexibility index (Phi) is 4.93. The van der Waals surface area contributed by atoms with Gasteiger partial charge < -0.3 is 10.2 Å². The third-order valence-electron chi connectivity index (χ3n) is 6.92. The summed E-state index contributed by atoms with van der Waals surface area (Å²) >= 11 is 0. The molecule has 4 heteroatoms. The van der Waals surface area contributed by atoms with Gasteiger partial charge in [-0.15, -0.1) is 0 Å². The maximum absolute atomic E-state index is 13.1. The second-order valence-electron chi connectivity index (χ2n) is 8.88. The minimum absolute atomic E-state index is 0.0754. The maximum Gasteiger partial charge on any atom is 0.235 e. The minimum Gasteiger partial charge on any atom is -0.338 e. The van der Waals surface area contributed by atoms with Crippen LogP contribution in [0, 0.1) is 5.92 Å². The van der Waals surface area contributed by atoms with Crippen molar-refractivity contribution in [1.82, 2.24) is 4.90 Å². The van der Waals surface area contributed by atoms with Crippen LogP contribution in [0.1, 0.15) is 48.8 Å². The number of amides is 2. The number of hydrogen-bond donors (Lipinski definition) is 1. The van der Waals surface area contributed by atoms with Gasteiger partial charge in [-0.3, -0.25) is 9.59 Å². The summed E-state index contributed by atoms with van der Waals surface area (Å²) in [5, 5.41) is 3.15. The molecule has 1 saturated carbocycles. The Morgan fingerprint density at radius 3 is 2.57 bits per heavy atom. The van der Waals surface area contributed by atoms with Gasteiger partial charge in [0.2, 0.25) is 11.8 Å². The summed E-state index contributed by atoms with van der Waals surface area (Å²) < 4.78 is 0. The van der Waals surface area contributed by atoms with E-state index in [2.05, 4.69) is 29.6 Å². The van der Waals surface area contributed by atoms with Crippen molar-refractivity contribution in [2.75, 3.05) is 11.9 Å². The van der Waals surface area contributed by atoms with E-state index in [0.29, 0.717) is 6.54 Å². The van der Waals surface area contributed by atoms with Crippen molar-refractivity contribution in [3.63, 3.8) is 0 Å². The Bertz CT molecular complexity index is 991. The van der Waals surface area contributed by atoms with Crippen LogP contribution < -0.4 is 5.32 Å². The molecule has 4 nitrogen and oxygen atoms in total. The second kappa shape index (κ2) is 7.75. The summed E-state index contributed by atoms with van der Waals surface area (Å²) in [5.41, 5.74) is 3.98. The fourth-order valence-electron chi connectivity index (χ4n) is 4.88. The summed E-state index contributed by atoms with van der Waals surface area (Å²) in [4.78, 5) is 28.0. The zero-order valence-corrected chi connectivity index (χ0v) is 17.3. The summed E-state index contributed by atoms with van der Waals surface area (Å²) in [6.07, 6.45) is 9.80. The molecule has 2 aromatic rings. The fourth-order valence-corrected chi connectivity index (χ4v) is 4.88. The highest BCUT2D eigenvalue weighted by Gasteiger charge is 2.51. The topological polar surface area (TPSA) is 49.4 Å². The van der Waals surface area contributed by atoms with Gasteiger partial charge in [-0.05, 0) is 67.3 Å². The maximum atomic E-state index is 13.1. The molecule has 5 rings (SSSR count). The number of rotatable bonds is 4. The van der Waals surface area contributed by atoms with Crippen LogP contribution in [0.25, 0.3) is 0 Å². The first-order chi connectivity index (χ1) is 14.7. The van der Waals surface area contributed by atoms with Gasteiger partial charge in [-0.1, -0.05) is 48.6 Å². The first-order valence-electron chi connectivity index (χ1n) is 11.1. The van der Waals surface area contributed by atoms with Crippen LogP contribution in [0.2, 0.25) is 0 Å².